The van der Waals surface area contributed by atoms with E-state index >= 15 is 0 Å². The quantitative estimate of drug-likeness (QED) is 0.200. The molecular weight excluding hydrogens is 543 g/mol. The first-order chi connectivity index (χ1) is 31.7. The van der Waals surface area contributed by atoms with Gasteiger partial charge in [0.1, 0.15) is 0 Å². The number of fused-ring (bicyclic) bond motifs is 3. The normalized spacial score (nSPS) is 19.4. The Morgan fingerprint density at radius 1 is 0.395 bits per heavy atom. The topological polar surface area (TPSA) is 38.7 Å². The van der Waals surface area contributed by atoms with Crippen molar-refractivity contribution >= 4 is 31.5 Å². The van der Waals surface area contributed by atoms with Crippen LogP contribution in [0.1, 0.15) is 34.3 Å². The first kappa shape index (κ1) is 10.4. The van der Waals surface area contributed by atoms with Crippen LogP contribution in [0.2, 0.25) is 0 Å². The van der Waals surface area contributed by atoms with Crippen LogP contribution in [-0.2, 0) is 0 Å². The highest BCUT2D eigenvalue weighted by Crippen LogP contribution is 2.40. The van der Waals surface area contributed by atoms with Gasteiger partial charge in [-0.3, -0.25) is 0 Å². The minimum absolute atomic E-state index is 0.102. The van der Waals surface area contributed by atoms with Crippen molar-refractivity contribution in [3.63, 3.8) is 0 Å². The number of hydrogen-bond donors (Lipinski definition) is 0. The predicted molar refractivity (Wildman–Crippen MR) is 180 cm³/mol. The summed E-state index contributed by atoms with van der Waals surface area (Å²) in [6.45, 7) is 0. The zero-order valence-electron chi connectivity index (χ0n) is 46.2. The van der Waals surface area contributed by atoms with Gasteiger partial charge >= 0.3 is 0 Å². The van der Waals surface area contributed by atoms with Gasteiger partial charge in [-0.2, -0.15) is 0 Å². The largest absolute Gasteiger partial charge is 0.208 e. The van der Waals surface area contributed by atoms with Gasteiger partial charge < -0.3 is 0 Å². The average Bonchev–Trinajstić information content (AvgIpc) is 3.71. The number of benzene rings is 6. The maximum absolute atomic E-state index is 9.59. The summed E-state index contributed by atoms with van der Waals surface area (Å²) in [6.07, 6.45) is 0. The second kappa shape index (κ2) is 10.8. The molecule has 2 aromatic heterocycles. The van der Waals surface area contributed by atoms with Crippen LogP contribution in [0.5, 0.6) is 0 Å². The zero-order chi connectivity index (χ0) is 50.3. The van der Waals surface area contributed by atoms with Crippen LogP contribution in [0.15, 0.2) is 151 Å². The van der Waals surface area contributed by atoms with E-state index in [1.165, 1.54) is 0 Å². The third-order valence-electron chi connectivity index (χ3n) is 6.00. The molecule has 8 rings (SSSR count). The molecule has 0 bridgehead atoms. The van der Waals surface area contributed by atoms with E-state index in [1.807, 2.05) is 0 Å². The number of nitrogens with zero attached hydrogens (tertiary/aromatic N) is 3. The number of hydrogen-bond acceptors (Lipinski definition) is 4. The highest BCUT2D eigenvalue weighted by atomic mass is 32.1. The molecule has 2 heterocycles. The summed E-state index contributed by atoms with van der Waals surface area (Å²) in [6, 6.07) is -21.0. The molecule has 0 saturated carbocycles. The van der Waals surface area contributed by atoms with Crippen LogP contribution in [0, 0.1) is 0 Å². The summed E-state index contributed by atoms with van der Waals surface area (Å²) in [5, 5.41) is -0.497. The Morgan fingerprint density at radius 2 is 0.884 bits per heavy atom. The van der Waals surface area contributed by atoms with Crippen molar-refractivity contribution in [3.05, 3.63) is 151 Å². The summed E-state index contributed by atoms with van der Waals surface area (Å²) in [5.74, 6) is -2.55. The van der Waals surface area contributed by atoms with Gasteiger partial charge in [-0.1, -0.05) is 133 Å². The van der Waals surface area contributed by atoms with E-state index < -0.39 is 207 Å². The monoisotopic (exact) mass is 592 g/mol. The van der Waals surface area contributed by atoms with Gasteiger partial charge in [-0.15, -0.1) is 11.3 Å². The SMILES string of the molecule is [2H]c1c([2H])c([2H])c(-c2nc(-c3c([2H])c([2H])c(-c4c([2H])c([2H])c([2H])c([2H])c4[2H])c([2H])c3[2H])nc(-c3c([2H])c([2H])c([2H])c(-c4c([2H])c([2H])c([2H])c5sc6c([2H])c([2H])c([2H])c([2H])c6c45)c3[2H])n2)c([2H])c1[2H]. The van der Waals surface area contributed by atoms with Crippen molar-refractivity contribution in [2.75, 3.05) is 0 Å². The van der Waals surface area contributed by atoms with Crippen molar-refractivity contribution in [1.29, 1.82) is 0 Å². The molecule has 0 atom stereocenters. The molecule has 0 radical (unpaired) electrons. The van der Waals surface area contributed by atoms with Crippen molar-refractivity contribution in [2.24, 2.45) is 0 Å². The molecule has 3 nitrogen and oxygen atoms in total. The van der Waals surface area contributed by atoms with E-state index in [4.69, 9.17) is 32.9 Å². The minimum atomic E-state index is -0.994. The van der Waals surface area contributed by atoms with Gasteiger partial charge in [-0.25, -0.2) is 15.0 Å². The van der Waals surface area contributed by atoms with E-state index in [0.717, 1.165) is 0 Å². The third-order valence-corrected chi connectivity index (χ3v) is 7.02. The first-order valence-electron chi connectivity index (χ1n) is 24.7. The number of thiophene rings is 1. The van der Waals surface area contributed by atoms with E-state index in [2.05, 4.69) is 15.0 Å². The molecule has 0 unspecified atom stereocenters. The maximum atomic E-state index is 9.59. The molecule has 0 amide bonds. The lowest BCUT2D eigenvalue weighted by Crippen LogP contribution is -2.00. The molecule has 0 aliphatic rings. The Labute approximate surface area is 289 Å². The molecule has 6 aromatic carbocycles. The fourth-order valence-corrected chi connectivity index (χ4v) is 5.09. The second-order valence-electron chi connectivity index (χ2n) is 8.57. The van der Waals surface area contributed by atoms with Gasteiger partial charge in [0.15, 0.2) is 17.5 Å². The minimum Gasteiger partial charge on any atom is -0.208 e. The lowest BCUT2D eigenvalue weighted by atomic mass is 9.98. The second-order valence-corrected chi connectivity index (χ2v) is 9.59. The first-order valence-corrected chi connectivity index (χ1v) is 13.1. The van der Waals surface area contributed by atoms with Crippen LogP contribution in [0.3, 0.4) is 0 Å². The van der Waals surface area contributed by atoms with Gasteiger partial charge in [0.05, 0.1) is 34.3 Å². The standard InChI is InChI=1S/C39H25N3S/c1-3-11-26(12-4-1)27-21-23-29(24-22-27)38-40-37(28-13-5-2-6-14-28)41-39(42-38)31-16-9-15-30(25-31)32-18-10-20-35-36(32)33-17-7-8-19-34(33)43-35/h1-25H/i1D,2D,3D,4D,5D,6D,7D,8D,9D,10D,11D,12D,13D,14D,15D,16D,17D,18D,19D,20D,21D,22D,23D,24D,25D. The van der Waals surface area contributed by atoms with Crippen molar-refractivity contribution in [2.45, 2.75) is 0 Å². The molecule has 0 aliphatic heterocycles. The molecular formula is C39H25N3S. The Bertz CT molecular complexity index is 3560. The molecule has 43 heavy (non-hydrogen) atoms. The zero-order valence-corrected chi connectivity index (χ0v) is 22.1. The van der Waals surface area contributed by atoms with Crippen molar-refractivity contribution < 1.29 is 34.3 Å². The Kier molecular flexibility index (Phi) is 2.59. The number of aromatic nitrogens is 3. The van der Waals surface area contributed by atoms with E-state index in [9.17, 15) is 1.37 Å². The van der Waals surface area contributed by atoms with Gasteiger partial charge in [0, 0.05) is 36.9 Å². The maximum Gasteiger partial charge on any atom is 0.164 e. The molecule has 0 aliphatic carbocycles. The molecule has 0 fully saturated rings. The molecule has 8 aromatic rings. The van der Waals surface area contributed by atoms with Crippen molar-refractivity contribution in [3.8, 4) is 56.4 Å². The van der Waals surface area contributed by atoms with Crippen LogP contribution in [0.25, 0.3) is 76.6 Å². The molecule has 202 valence electrons. The van der Waals surface area contributed by atoms with Gasteiger partial charge in [-0.05, 0) is 40.4 Å². The van der Waals surface area contributed by atoms with E-state index in [1.54, 1.807) is 0 Å². The summed E-state index contributed by atoms with van der Waals surface area (Å²) in [7, 11) is 0. The van der Waals surface area contributed by atoms with Crippen molar-refractivity contribution in [1.82, 2.24) is 15.0 Å². The highest BCUT2D eigenvalue weighted by Gasteiger charge is 2.15. The lowest BCUT2D eigenvalue weighted by Gasteiger charge is -2.11. The fourth-order valence-electron chi connectivity index (χ4n) is 4.13. The Morgan fingerprint density at radius 3 is 1.63 bits per heavy atom. The van der Waals surface area contributed by atoms with Gasteiger partial charge in [0.2, 0.25) is 0 Å². The Balaban J connectivity index is 1.53. The van der Waals surface area contributed by atoms with Crippen LogP contribution >= 0.6 is 11.3 Å². The summed E-state index contributed by atoms with van der Waals surface area (Å²) < 4.78 is 216. The summed E-state index contributed by atoms with van der Waals surface area (Å²) >= 11 is 0.682. The van der Waals surface area contributed by atoms with Crippen LogP contribution in [-0.4, -0.2) is 15.0 Å². The smallest absolute Gasteiger partial charge is 0.164 e. The number of rotatable bonds is 5. The third kappa shape index (κ3) is 4.78. The van der Waals surface area contributed by atoms with Crippen LogP contribution in [0.4, 0.5) is 0 Å². The fraction of sp³-hybridized carbons (Fsp3) is 0. The summed E-state index contributed by atoms with van der Waals surface area (Å²) in [4.78, 5) is 12.8. The average molecular weight is 593 g/mol. The molecule has 4 heteroatoms. The van der Waals surface area contributed by atoms with Crippen LogP contribution < -0.4 is 0 Å². The summed E-state index contributed by atoms with van der Waals surface area (Å²) in [5.41, 5.74) is -4.94. The molecule has 0 spiro atoms. The van der Waals surface area contributed by atoms with Gasteiger partial charge in [0.25, 0.3) is 0 Å². The lowest BCUT2D eigenvalue weighted by molar-refractivity contribution is 1.07. The Hall–Kier alpha value is -5.45. The highest BCUT2D eigenvalue weighted by molar-refractivity contribution is 7.25. The predicted octanol–water partition coefficient (Wildman–Crippen LogP) is 10.6. The van der Waals surface area contributed by atoms with E-state index in [0.29, 0.717) is 11.3 Å². The molecule has 0 saturated heterocycles. The molecule has 0 N–H and O–H groups in total. The van der Waals surface area contributed by atoms with E-state index in [-0.39, 0.29) is 20.2 Å².